The highest BCUT2D eigenvalue weighted by Crippen LogP contribution is 2.31. The van der Waals surface area contributed by atoms with Crippen LogP contribution < -0.4 is 23.8 Å². The number of nitrogens with zero attached hydrogens (tertiary/aromatic N) is 1. The Morgan fingerprint density at radius 3 is 2.11 bits per heavy atom. The zero-order chi connectivity index (χ0) is 25.4. The molecule has 0 atom stereocenters. The van der Waals surface area contributed by atoms with Gasteiger partial charge >= 0.3 is 0 Å². The van der Waals surface area contributed by atoms with E-state index in [0.29, 0.717) is 29.4 Å². The number of para-hydroxylation sites is 1. The Labute approximate surface area is 206 Å². The summed E-state index contributed by atoms with van der Waals surface area (Å²) < 4.78 is 44.0. The molecule has 1 N–H and O–H groups in total. The number of methoxy groups -OCH3 is 3. The summed E-state index contributed by atoms with van der Waals surface area (Å²) in [7, 11) is 0.734. The van der Waals surface area contributed by atoms with Crippen LogP contribution in [-0.2, 0) is 21.2 Å². The molecule has 1 amide bonds. The van der Waals surface area contributed by atoms with Crippen LogP contribution in [0.15, 0.2) is 71.6 Å². The number of carbonyl (C=O) groups excluding carboxylic acids is 1. The highest BCUT2D eigenvalue weighted by Gasteiger charge is 2.25. The molecule has 0 saturated carbocycles. The van der Waals surface area contributed by atoms with Crippen molar-refractivity contribution in [2.45, 2.75) is 24.7 Å². The van der Waals surface area contributed by atoms with Gasteiger partial charge in [-0.05, 0) is 61.4 Å². The zero-order valence-electron chi connectivity index (χ0n) is 20.3. The van der Waals surface area contributed by atoms with Crippen molar-refractivity contribution in [3.8, 4) is 17.2 Å². The third kappa shape index (κ3) is 6.24. The van der Waals surface area contributed by atoms with Crippen molar-refractivity contribution < 1.29 is 27.4 Å². The lowest BCUT2D eigenvalue weighted by Gasteiger charge is -2.23. The molecule has 0 unspecified atom stereocenters. The predicted molar refractivity (Wildman–Crippen MR) is 136 cm³/mol. The van der Waals surface area contributed by atoms with Gasteiger partial charge in [0, 0.05) is 19.0 Å². The lowest BCUT2D eigenvalue weighted by atomic mass is 10.1. The Hall–Kier alpha value is -3.72. The summed E-state index contributed by atoms with van der Waals surface area (Å²) in [5.41, 5.74) is 1.72. The Morgan fingerprint density at radius 1 is 0.886 bits per heavy atom. The third-order valence-electron chi connectivity index (χ3n) is 5.42. The molecule has 0 heterocycles. The molecule has 3 aromatic rings. The first-order valence-corrected chi connectivity index (χ1v) is 12.5. The number of sulfonamides is 1. The third-order valence-corrected chi connectivity index (χ3v) is 7.32. The minimum absolute atomic E-state index is 0.0526. The zero-order valence-corrected chi connectivity index (χ0v) is 21.1. The van der Waals surface area contributed by atoms with Crippen LogP contribution in [0.2, 0.25) is 0 Å². The first-order chi connectivity index (χ1) is 16.8. The summed E-state index contributed by atoms with van der Waals surface area (Å²) in [6.45, 7) is 2.02. The molecule has 3 rings (SSSR count). The van der Waals surface area contributed by atoms with Gasteiger partial charge in [-0.25, -0.2) is 8.42 Å². The maximum absolute atomic E-state index is 13.4. The molecule has 35 heavy (non-hydrogen) atoms. The Balaban J connectivity index is 1.80. The summed E-state index contributed by atoms with van der Waals surface area (Å²) in [5.74, 6) is 1.36. The molecule has 8 nitrogen and oxygen atoms in total. The van der Waals surface area contributed by atoms with Gasteiger partial charge < -0.3 is 19.5 Å². The number of benzene rings is 3. The van der Waals surface area contributed by atoms with Crippen molar-refractivity contribution in [1.29, 1.82) is 0 Å². The van der Waals surface area contributed by atoms with Crippen molar-refractivity contribution in [2.24, 2.45) is 0 Å². The first kappa shape index (κ1) is 25.9. The quantitative estimate of drug-likeness (QED) is 0.418. The topological polar surface area (TPSA) is 94.2 Å². The number of hydrogen-bond donors (Lipinski definition) is 1. The first-order valence-electron chi connectivity index (χ1n) is 11.1. The molecule has 0 fully saturated rings. The number of hydrogen-bond acceptors (Lipinski definition) is 6. The summed E-state index contributed by atoms with van der Waals surface area (Å²) in [6, 6.07) is 18.7. The van der Waals surface area contributed by atoms with E-state index in [2.05, 4.69) is 5.32 Å². The predicted octanol–water partition coefficient (Wildman–Crippen LogP) is 4.50. The Kier molecular flexibility index (Phi) is 8.59. The van der Waals surface area contributed by atoms with Gasteiger partial charge in [-0.1, -0.05) is 18.2 Å². The van der Waals surface area contributed by atoms with E-state index < -0.39 is 10.0 Å². The van der Waals surface area contributed by atoms with Crippen LogP contribution in [0.4, 0.5) is 11.4 Å². The van der Waals surface area contributed by atoms with Crippen LogP contribution in [0.1, 0.15) is 18.9 Å². The Bertz CT molecular complexity index is 1240. The Morgan fingerprint density at radius 2 is 1.54 bits per heavy atom. The van der Waals surface area contributed by atoms with E-state index in [1.54, 1.807) is 51.5 Å². The summed E-state index contributed by atoms with van der Waals surface area (Å²) in [4.78, 5) is 12.8. The highest BCUT2D eigenvalue weighted by atomic mass is 32.2. The monoisotopic (exact) mass is 498 g/mol. The van der Waals surface area contributed by atoms with Crippen molar-refractivity contribution in [3.05, 3.63) is 72.3 Å². The maximum Gasteiger partial charge on any atom is 0.264 e. The smallest absolute Gasteiger partial charge is 0.264 e. The van der Waals surface area contributed by atoms with Crippen LogP contribution in [0.5, 0.6) is 17.2 Å². The SMILES string of the molecule is CCN(c1ccccc1)S(=O)(=O)c1ccc(OC)c(NC(=O)CCc2cc(OC)cc(OC)c2)c1. The molecule has 0 aliphatic heterocycles. The van der Waals surface area contributed by atoms with Crippen LogP contribution in [0.25, 0.3) is 0 Å². The second-order valence-electron chi connectivity index (χ2n) is 7.64. The molecule has 0 saturated heterocycles. The average molecular weight is 499 g/mol. The standard InChI is InChI=1S/C26H30N2O6S/c1-5-28(20-9-7-6-8-10-20)35(30,31)23-12-13-25(34-4)24(18-23)27-26(29)14-11-19-15-21(32-2)17-22(16-19)33-3/h6-10,12-13,15-18H,5,11,14H2,1-4H3,(H,27,29). The van der Waals surface area contributed by atoms with Crippen molar-refractivity contribution in [2.75, 3.05) is 37.5 Å². The van der Waals surface area contributed by atoms with Gasteiger partial charge in [0.05, 0.1) is 37.6 Å². The molecule has 0 bridgehead atoms. The summed E-state index contributed by atoms with van der Waals surface area (Å²) in [6.07, 6.45) is 0.610. The van der Waals surface area contributed by atoms with Gasteiger partial charge in [0.15, 0.2) is 0 Å². The molecule has 0 aliphatic rings. The van der Waals surface area contributed by atoms with Gasteiger partial charge in [-0.2, -0.15) is 0 Å². The van der Waals surface area contributed by atoms with E-state index in [9.17, 15) is 13.2 Å². The number of aryl methyl sites for hydroxylation is 1. The largest absolute Gasteiger partial charge is 0.497 e. The molecular formula is C26H30N2O6S. The fourth-order valence-electron chi connectivity index (χ4n) is 3.64. The molecule has 3 aromatic carbocycles. The molecule has 0 radical (unpaired) electrons. The van der Waals surface area contributed by atoms with Crippen molar-refractivity contribution >= 4 is 27.3 Å². The number of carbonyl (C=O) groups is 1. The second kappa shape index (κ2) is 11.6. The summed E-state index contributed by atoms with van der Waals surface area (Å²) >= 11 is 0. The molecule has 0 aliphatic carbocycles. The molecule has 9 heteroatoms. The average Bonchev–Trinajstić information content (AvgIpc) is 2.88. The lowest BCUT2D eigenvalue weighted by molar-refractivity contribution is -0.116. The normalized spacial score (nSPS) is 11.0. The van der Waals surface area contributed by atoms with E-state index in [1.165, 1.54) is 29.6 Å². The fraction of sp³-hybridized carbons (Fsp3) is 0.269. The number of nitrogens with one attached hydrogen (secondary N) is 1. The molecule has 0 aromatic heterocycles. The minimum atomic E-state index is -3.86. The van der Waals surface area contributed by atoms with E-state index >= 15 is 0 Å². The number of amides is 1. The molecular weight excluding hydrogens is 468 g/mol. The number of ether oxygens (including phenoxy) is 3. The van der Waals surface area contributed by atoms with Gasteiger partial charge in [0.1, 0.15) is 17.2 Å². The van der Waals surface area contributed by atoms with Gasteiger partial charge in [-0.15, -0.1) is 0 Å². The van der Waals surface area contributed by atoms with Crippen molar-refractivity contribution in [3.63, 3.8) is 0 Å². The van der Waals surface area contributed by atoms with Crippen LogP contribution >= 0.6 is 0 Å². The molecule has 0 spiro atoms. The van der Waals surface area contributed by atoms with Crippen LogP contribution in [0.3, 0.4) is 0 Å². The van der Waals surface area contributed by atoms with Gasteiger partial charge in [0.2, 0.25) is 5.91 Å². The highest BCUT2D eigenvalue weighted by molar-refractivity contribution is 7.92. The number of anilines is 2. The van der Waals surface area contributed by atoms with E-state index in [4.69, 9.17) is 14.2 Å². The van der Waals surface area contributed by atoms with E-state index in [0.717, 1.165) is 5.56 Å². The lowest BCUT2D eigenvalue weighted by Crippen LogP contribution is -2.30. The van der Waals surface area contributed by atoms with Gasteiger partial charge in [-0.3, -0.25) is 9.10 Å². The van der Waals surface area contributed by atoms with E-state index in [1.807, 2.05) is 18.2 Å². The van der Waals surface area contributed by atoms with Crippen molar-refractivity contribution in [1.82, 2.24) is 0 Å². The minimum Gasteiger partial charge on any atom is -0.497 e. The maximum atomic E-state index is 13.4. The molecule has 186 valence electrons. The van der Waals surface area contributed by atoms with Crippen LogP contribution in [0, 0.1) is 0 Å². The fourth-order valence-corrected chi connectivity index (χ4v) is 5.14. The summed E-state index contributed by atoms with van der Waals surface area (Å²) in [5, 5.41) is 2.79. The van der Waals surface area contributed by atoms with E-state index in [-0.39, 0.29) is 29.5 Å². The van der Waals surface area contributed by atoms with Crippen LogP contribution in [-0.4, -0.2) is 42.2 Å². The second-order valence-corrected chi connectivity index (χ2v) is 9.50. The number of rotatable bonds is 11. The van der Waals surface area contributed by atoms with Gasteiger partial charge in [0.25, 0.3) is 10.0 Å².